The fraction of sp³-hybridized carbons (Fsp3) is 0.538. The third kappa shape index (κ3) is 3.71. The Morgan fingerprint density at radius 1 is 1.40 bits per heavy atom. The molecule has 1 aromatic heterocycles. The monoisotopic (exact) mass is 297 g/mol. The zero-order valence-electron chi connectivity index (χ0n) is 11.5. The summed E-state index contributed by atoms with van der Waals surface area (Å²) >= 11 is 5.31. The van der Waals surface area contributed by atoms with Crippen LogP contribution in [0.5, 0.6) is 0 Å². The molecule has 6 nitrogen and oxygen atoms in total. The Morgan fingerprint density at radius 3 is 2.70 bits per heavy atom. The zero-order chi connectivity index (χ0) is 14.4. The molecule has 110 valence electrons. The number of nitrogens with zero attached hydrogens (tertiary/aromatic N) is 2. The Bertz CT molecular complexity index is 442. The topological polar surface area (TPSA) is 58.0 Å². The predicted molar refractivity (Wildman–Crippen MR) is 78.7 cm³/mol. The predicted octanol–water partition coefficient (Wildman–Crippen LogP) is 0.558. The van der Waals surface area contributed by atoms with Gasteiger partial charge in [-0.05, 0) is 24.4 Å². The minimum Gasteiger partial charge on any atom is -0.459 e. The number of hydrogen-bond donors (Lipinski definition) is 1. The van der Waals surface area contributed by atoms with Crippen molar-refractivity contribution < 1.29 is 13.9 Å². The van der Waals surface area contributed by atoms with E-state index in [1.54, 1.807) is 24.1 Å². The van der Waals surface area contributed by atoms with Crippen LogP contribution in [-0.2, 0) is 4.74 Å². The van der Waals surface area contributed by atoms with Crippen molar-refractivity contribution in [3.8, 4) is 0 Å². The van der Waals surface area contributed by atoms with Crippen LogP contribution in [0.25, 0.3) is 0 Å². The van der Waals surface area contributed by atoms with Crippen LogP contribution in [0.2, 0.25) is 0 Å². The lowest BCUT2D eigenvalue weighted by Gasteiger charge is -2.35. The van der Waals surface area contributed by atoms with Crippen molar-refractivity contribution in [3.05, 3.63) is 24.2 Å². The highest BCUT2D eigenvalue weighted by Gasteiger charge is 2.24. The molecule has 0 atom stereocenters. The molecule has 0 bridgehead atoms. The molecule has 1 fully saturated rings. The SMILES string of the molecule is COCCNC(=S)N1CCN(C(=O)c2ccco2)CC1. The number of piperazine rings is 1. The van der Waals surface area contributed by atoms with E-state index in [9.17, 15) is 4.79 Å². The van der Waals surface area contributed by atoms with Crippen LogP contribution in [-0.4, -0.2) is 67.3 Å². The maximum Gasteiger partial charge on any atom is 0.289 e. The summed E-state index contributed by atoms with van der Waals surface area (Å²) in [4.78, 5) is 15.9. The maximum atomic E-state index is 12.1. The van der Waals surface area contributed by atoms with Crippen molar-refractivity contribution in [1.82, 2.24) is 15.1 Å². The zero-order valence-corrected chi connectivity index (χ0v) is 12.3. The van der Waals surface area contributed by atoms with Crippen molar-refractivity contribution in [1.29, 1.82) is 0 Å². The van der Waals surface area contributed by atoms with E-state index in [1.807, 2.05) is 0 Å². The van der Waals surface area contributed by atoms with E-state index >= 15 is 0 Å². The van der Waals surface area contributed by atoms with E-state index < -0.39 is 0 Å². The molecule has 0 spiro atoms. The van der Waals surface area contributed by atoms with Gasteiger partial charge in [-0.15, -0.1) is 0 Å². The summed E-state index contributed by atoms with van der Waals surface area (Å²) in [5.74, 6) is 0.326. The van der Waals surface area contributed by atoms with Crippen molar-refractivity contribution in [2.24, 2.45) is 0 Å². The van der Waals surface area contributed by atoms with E-state index in [0.29, 0.717) is 37.1 Å². The van der Waals surface area contributed by atoms with Crippen LogP contribution in [0.1, 0.15) is 10.6 Å². The molecule has 1 aromatic rings. The van der Waals surface area contributed by atoms with Gasteiger partial charge in [0.15, 0.2) is 10.9 Å². The lowest BCUT2D eigenvalue weighted by molar-refractivity contribution is 0.0659. The number of rotatable bonds is 4. The standard InChI is InChI=1S/C13H19N3O3S/c1-18-10-4-14-13(20)16-7-5-15(6-8-16)12(17)11-3-2-9-19-11/h2-3,9H,4-8,10H2,1H3,(H,14,20). The van der Waals surface area contributed by atoms with Gasteiger partial charge in [-0.2, -0.15) is 0 Å². The first-order valence-electron chi connectivity index (χ1n) is 6.57. The highest BCUT2D eigenvalue weighted by Crippen LogP contribution is 2.09. The Morgan fingerprint density at radius 2 is 2.10 bits per heavy atom. The summed E-state index contributed by atoms with van der Waals surface area (Å²) in [5.41, 5.74) is 0. The summed E-state index contributed by atoms with van der Waals surface area (Å²) < 4.78 is 10.1. The van der Waals surface area contributed by atoms with Crippen LogP contribution >= 0.6 is 12.2 Å². The van der Waals surface area contributed by atoms with Gasteiger partial charge >= 0.3 is 0 Å². The molecule has 1 saturated heterocycles. The molecule has 1 aliphatic rings. The number of ether oxygens (including phenoxy) is 1. The van der Waals surface area contributed by atoms with Gasteiger partial charge in [0, 0.05) is 39.8 Å². The molecule has 0 radical (unpaired) electrons. The number of carbonyl (C=O) groups is 1. The highest BCUT2D eigenvalue weighted by molar-refractivity contribution is 7.80. The molecular weight excluding hydrogens is 278 g/mol. The quantitative estimate of drug-likeness (QED) is 0.647. The number of amides is 1. The molecule has 0 saturated carbocycles. The van der Waals surface area contributed by atoms with Crippen LogP contribution in [0, 0.1) is 0 Å². The molecule has 7 heteroatoms. The van der Waals surface area contributed by atoms with E-state index in [2.05, 4.69) is 10.2 Å². The van der Waals surface area contributed by atoms with Gasteiger partial charge in [0.25, 0.3) is 5.91 Å². The van der Waals surface area contributed by atoms with Crippen LogP contribution in [0.4, 0.5) is 0 Å². The maximum absolute atomic E-state index is 12.1. The van der Waals surface area contributed by atoms with E-state index in [1.165, 1.54) is 6.26 Å². The van der Waals surface area contributed by atoms with Crippen LogP contribution in [0.3, 0.4) is 0 Å². The third-order valence-corrected chi connectivity index (χ3v) is 3.57. The second kappa shape index (κ2) is 7.25. The second-order valence-corrected chi connectivity index (χ2v) is 4.87. The average molecular weight is 297 g/mol. The summed E-state index contributed by atoms with van der Waals surface area (Å²) in [6, 6.07) is 3.41. The lowest BCUT2D eigenvalue weighted by Crippen LogP contribution is -2.53. The van der Waals surface area contributed by atoms with E-state index in [-0.39, 0.29) is 5.91 Å². The molecule has 0 aromatic carbocycles. The summed E-state index contributed by atoms with van der Waals surface area (Å²) in [7, 11) is 1.66. The molecule has 0 unspecified atom stereocenters. The summed E-state index contributed by atoms with van der Waals surface area (Å²) in [6.45, 7) is 4.06. The minimum atomic E-state index is -0.0621. The normalized spacial score (nSPS) is 15.2. The van der Waals surface area contributed by atoms with Crippen LogP contribution < -0.4 is 5.32 Å². The molecule has 0 aliphatic carbocycles. The van der Waals surface area contributed by atoms with Gasteiger partial charge in [-0.1, -0.05) is 0 Å². The number of hydrogen-bond acceptors (Lipinski definition) is 4. The van der Waals surface area contributed by atoms with Crippen LogP contribution in [0.15, 0.2) is 22.8 Å². The van der Waals surface area contributed by atoms with Gasteiger partial charge in [0.05, 0.1) is 12.9 Å². The number of furan rings is 1. The first-order valence-corrected chi connectivity index (χ1v) is 6.97. The third-order valence-electron chi connectivity index (χ3n) is 3.17. The molecule has 2 heterocycles. The largest absolute Gasteiger partial charge is 0.459 e. The van der Waals surface area contributed by atoms with Gasteiger partial charge in [-0.25, -0.2) is 0 Å². The van der Waals surface area contributed by atoms with Crippen molar-refractivity contribution in [2.45, 2.75) is 0 Å². The highest BCUT2D eigenvalue weighted by atomic mass is 32.1. The smallest absolute Gasteiger partial charge is 0.289 e. The number of thiocarbonyl (C=S) groups is 1. The minimum absolute atomic E-state index is 0.0621. The number of nitrogens with one attached hydrogen (secondary N) is 1. The molecule has 1 amide bonds. The van der Waals surface area contributed by atoms with Crippen molar-refractivity contribution >= 4 is 23.2 Å². The number of carbonyl (C=O) groups excluding carboxylic acids is 1. The van der Waals surface area contributed by atoms with Gasteiger partial charge < -0.3 is 24.3 Å². The summed E-state index contributed by atoms with van der Waals surface area (Å²) in [5, 5.41) is 3.85. The molecule has 1 aliphatic heterocycles. The van der Waals surface area contributed by atoms with Gasteiger partial charge in [0.2, 0.25) is 0 Å². The Labute approximate surface area is 123 Å². The lowest BCUT2D eigenvalue weighted by atomic mass is 10.3. The molecule has 1 N–H and O–H groups in total. The molecular formula is C13H19N3O3S. The van der Waals surface area contributed by atoms with E-state index in [0.717, 1.165) is 13.1 Å². The first-order chi connectivity index (χ1) is 9.72. The first kappa shape index (κ1) is 14.8. The Balaban J connectivity index is 1.77. The van der Waals surface area contributed by atoms with Gasteiger partial charge in [0.1, 0.15) is 0 Å². The Hall–Kier alpha value is -1.60. The van der Waals surface area contributed by atoms with Crippen molar-refractivity contribution in [3.63, 3.8) is 0 Å². The van der Waals surface area contributed by atoms with Crippen molar-refractivity contribution in [2.75, 3.05) is 46.4 Å². The number of methoxy groups -OCH3 is 1. The molecule has 20 heavy (non-hydrogen) atoms. The average Bonchev–Trinajstić information content (AvgIpc) is 3.01. The fourth-order valence-corrected chi connectivity index (χ4v) is 2.33. The summed E-state index contributed by atoms with van der Waals surface area (Å²) in [6.07, 6.45) is 1.51. The van der Waals surface area contributed by atoms with Gasteiger partial charge in [-0.3, -0.25) is 4.79 Å². The molecule has 2 rings (SSSR count). The Kier molecular flexibility index (Phi) is 5.37. The fourth-order valence-electron chi connectivity index (χ4n) is 2.04. The van der Waals surface area contributed by atoms with E-state index in [4.69, 9.17) is 21.4 Å². The second-order valence-electron chi connectivity index (χ2n) is 4.48.